The Bertz CT molecular complexity index is 517. The summed E-state index contributed by atoms with van der Waals surface area (Å²) in [5, 5.41) is 4.58. The first-order valence-corrected chi connectivity index (χ1v) is 7.22. The van der Waals surface area contributed by atoms with Gasteiger partial charge in [-0.2, -0.15) is 0 Å². The van der Waals surface area contributed by atoms with Crippen LogP contribution < -0.4 is 5.32 Å². The van der Waals surface area contributed by atoms with E-state index in [1.807, 2.05) is 11.3 Å². The highest BCUT2D eigenvalue weighted by atomic mass is 32.1. The van der Waals surface area contributed by atoms with Crippen LogP contribution in [-0.2, 0) is 13.0 Å². The lowest BCUT2D eigenvalue weighted by Gasteiger charge is -2.02. The Morgan fingerprint density at radius 1 is 1.22 bits per heavy atom. The van der Waals surface area contributed by atoms with Crippen LogP contribution in [0, 0.1) is 13.8 Å². The van der Waals surface area contributed by atoms with Crippen molar-refractivity contribution in [2.24, 2.45) is 0 Å². The van der Waals surface area contributed by atoms with Crippen molar-refractivity contribution in [1.29, 1.82) is 0 Å². The first-order chi connectivity index (χ1) is 8.70. The molecule has 1 heterocycles. The van der Waals surface area contributed by atoms with Crippen molar-refractivity contribution < 1.29 is 0 Å². The summed E-state index contributed by atoms with van der Waals surface area (Å²) in [7, 11) is 0. The van der Waals surface area contributed by atoms with Crippen molar-refractivity contribution in [2.75, 3.05) is 6.54 Å². The topological polar surface area (TPSA) is 24.9 Å². The largest absolute Gasteiger partial charge is 0.312 e. The predicted octanol–water partition coefficient (Wildman–Crippen LogP) is 3.46. The second kappa shape index (κ2) is 6.12. The Hall–Kier alpha value is -1.19. The molecule has 0 atom stereocenters. The third-order valence-electron chi connectivity index (χ3n) is 3.08. The van der Waals surface area contributed by atoms with Crippen LogP contribution in [0.1, 0.15) is 33.6 Å². The third-order valence-corrected chi connectivity index (χ3v) is 4.23. The Labute approximate surface area is 113 Å². The number of aromatic nitrogens is 1. The van der Waals surface area contributed by atoms with E-state index in [2.05, 4.69) is 55.3 Å². The molecule has 0 saturated carbocycles. The van der Waals surface area contributed by atoms with Gasteiger partial charge in [0.1, 0.15) is 0 Å². The van der Waals surface area contributed by atoms with Crippen LogP contribution in [0.2, 0.25) is 0 Å². The van der Waals surface area contributed by atoms with Crippen LogP contribution in [0.25, 0.3) is 0 Å². The fourth-order valence-corrected chi connectivity index (χ4v) is 3.00. The van der Waals surface area contributed by atoms with E-state index in [9.17, 15) is 0 Å². The van der Waals surface area contributed by atoms with Crippen molar-refractivity contribution in [3.63, 3.8) is 0 Å². The Morgan fingerprint density at radius 2 is 2.00 bits per heavy atom. The number of hydrogen-bond acceptors (Lipinski definition) is 3. The van der Waals surface area contributed by atoms with Gasteiger partial charge in [0, 0.05) is 17.8 Å². The van der Waals surface area contributed by atoms with E-state index in [0.29, 0.717) is 0 Å². The summed E-state index contributed by atoms with van der Waals surface area (Å²) in [6.07, 6.45) is 0.949. The molecule has 0 bridgehead atoms. The van der Waals surface area contributed by atoms with Gasteiger partial charge in [-0.05, 0) is 31.5 Å². The molecule has 1 N–H and O–H groups in total. The van der Waals surface area contributed by atoms with Gasteiger partial charge < -0.3 is 5.32 Å². The van der Waals surface area contributed by atoms with Gasteiger partial charge in [0.15, 0.2) is 0 Å². The molecule has 0 radical (unpaired) electrons. The van der Waals surface area contributed by atoms with Gasteiger partial charge in [0.2, 0.25) is 0 Å². The first kappa shape index (κ1) is 13.2. The monoisotopic (exact) mass is 260 g/mol. The summed E-state index contributed by atoms with van der Waals surface area (Å²) in [5.41, 5.74) is 3.89. The quantitative estimate of drug-likeness (QED) is 0.890. The zero-order chi connectivity index (χ0) is 13.0. The molecule has 0 unspecified atom stereocenters. The fraction of sp³-hybridized carbons (Fsp3) is 0.400. The Kier molecular flexibility index (Phi) is 4.50. The van der Waals surface area contributed by atoms with Crippen molar-refractivity contribution in [3.05, 3.63) is 51.0 Å². The SMILES string of the molecule is CCNCc1sc(Cc2ccccc2C)nc1C. The number of thiazole rings is 1. The molecule has 96 valence electrons. The summed E-state index contributed by atoms with van der Waals surface area (Å²) in [4.78, 5) is 6.04. The number of nitrogens with one attached hydrogen (secondary N) is 1. The molecule has 1 aromatic heterocycles. The van der Waals surface area contributed by atoms with E-state index in [1.165, 1.54) is 26.7 Å². The molecule has 2 rings (SSSR count). The van der Waals surface area contributed by atoms with E-state index in [1.54, 1.807) is 0 Å². The number of benzene rings is 1. The standard InChI is InChI=1S/C15H20N2S/c1-4-16-10-14-12(3)17-15(18-14)9-13-8-6-5-7-11(13)2/h5-8,16H,4,9-10H2,1-3H3. The lowest BCUT2D eigenvalue weighted by molar-refractivity contribution is 0.731. The Balaban J connectivity index is 2.13. The highest BCUT2D eigenvalue weighted by molar-refractivity contribution is 7.11. The van der Waals surface area contributed by atoms with E-state index in [-0.39, 0.29) is 0 Å². The van der Waals surface area contributed by atoms with E-state index >= 15 is 0 Å². The van der Waals surface area contributed by atoms with E-state index in [4.69, 9.17) is 0 Å². The summed E-state index contributed by atoms with van der Waals surface area (Å²) >= 11 is 1.83. The van der Waals surface area contributed by atoms with Gasteiger partial charge >= 0.3 is 0 Å². The Morgan fingerprint density at radius 3 is 2.72 bits per heavy atom. The number of aryl methyl sites for hydroxylation is 2. The summed E-state index contributed by atoms with van der Waals surface area (Å²) in [5.74, 6) is 0. The van der Waals surface area contributed by atoms with Crippen molar-refractivity contribution >= 4 is 11.3 Å². The molecule has 2 nitrogen and oxygen atoms in total. The van der Waals surface area contributed by atoms with Crippen molar-refractivity contribution in [1.82, 2.24) is 10.3 Å². The average molecular weight is 260 g/mol. The van der Waals surface area contributed by atoms with E-state index < -0.39 is 0 Å². The van der Waals surface area contributed by atoms with Crippen LogP contribution in [-0.4, -0.2) is 11.5 Å². The summed E-state index contributed by atoms with van der Waals surface area (Å²) in [6.45, 7) is 8.34. The molecule has 18 heavy (non-hydrogen) atoms. The molecule has 0 aliphatic rings. The maximum absolute atomic E-state index is 4.68. The third kappa shape index (κ3) is 3.18. The normalized spacial score (nSPS) is 10.8. The first-order valence-electron chi connectivity index (χ1n) is 6.41. The average Bonchev–Trinajstić information content (AvgIpc) is 2.70. The second-order valence-electron chi connectivity index (χ2n) is 4.50. The highest BCUT2D eigenvalue weighted by Gasteiger charge is 2.08. The van der Waals surface area contributed by atoms with Crippen LogP contribution in [0.15, 0.2) is 24.3 Å². The lowest BCUT2D eigenvalue weighted by Crippen LogP contribution is -2.11. The molecular weight excluding hydrogens is 240 g/mol. The fourth-order valence-electron chi connectivity index (χ4n) is 1.94. The van der Waals surface area contributed by atoms with Crippen LogP contribution >= 0.6 is 11.3 Å². The molecular formula is C15H20N2S. The van der Waals surface area contributed by atoms with Crippen LogP contribution in [0.5, 0.6) is 0 Å². The minimum absolute atomic E-state index is 0.938. The predicted molar refractivity (Wildman–Crippen MR) is 78.2 cm³/mol. The van der Waals surface area contributed by atoms with Crippen molar-refractivity contribution in [2.45, 2.75) is 33.7 Å². The molecule has 0 spiro atoms. The molecule has 0 amide bonds. The summed E-state index contributed by atoms with van der Waals surface area (Å²) in [6, 6.07) is 8.54. The van der Waals surface area contributed by atoms with Gasteiger partial charge in [-0.25, -0.2) is 4.98 Å². The van der Waals surface area contributed by atoms with Crippen LogP contribution in [0.4, 0.5) is 0 Å². The van der Waals surface area contributed by atoms with Gasteiger partial charge in [-0.1, -0.05) is 31.2 Å². The molecule has 1 aromatic carbocycles. The number of rotatable bonds is 5. The summed E-state index contributed by atoms with van der Waals surface area (Å²) < 4.78 is 0. The molecule has 0 fully saturated rings. The number of nitrogens with zero attached hydrogens (tertiary/aromatic N) is 1. The zero-order valence-electron chi connectivity index (χ0n) is 11.3. The maximum Gasteiger partial charge on any atom is 0.0975 e. The van der Waals surface area contributed by atoms with E-state index in [0.717, 1.165) is 19.5 Å². The molecule has 0 saturated heterocycles. The smallest absolute Gasteiger partial charge is 0.0975 e. The molecule has 0 aliphatic heterocycles. The molecule has 0 aliphatic carbocycles. The maximum atomic E-state index is 4.68. The number of hydrogen-bond donors (Lipinski definition) is 1. The van der Waals surface area contributed by atoms with Crippen LogP contribution in [0.3, 0.4) is 0 Å². The van der Waals surface area contributed by atoms with Gasteiger partial charge in [0.05, 0.1) is 10.7 Å². The minimum Gasteiger partial charge on any atom is -0.312 e. The second-order valence-corrected chi connectivity index (χ2v) is 5.67. The van der Waals surface area contributed by atoms with Crippen molar-refractivity contribution in [3.8, 4) is 0 Å². The lowest BCUT2D eigenvalue weighted by atomic mass is 10.1. The molecule has 2 aromatic rings. The zero-order valence-corrected chi connectivity index (χ0v) is 12.1. The highest BCUT2D eigenvalue weighted by Crippen LogP contribution is 2.21. The minimum atomic E-state index is 0.938. The van der Waals surface area contributed by atoms with Gasteiger partial charge in [-0.3, -0.25) is 0 Å². The van der Waals surface area contributed by atoms with Gasteiger partial charge in [-0.15, -0.1) is 11.3 Å². The molecule has 3 heteroatoms. The van der Waals surface area contributed by atoms with Gasteiger partial charge in [0.25, 0.3) is 0 Å².